The summed E-state index contributed by atoms with van der Waals surface area (Å²) in [6.45, 7) is 7.32. The number of nitrogens with one attached hydrogen (secondary N) is 1. The van der Waals surface area contributed by atoms with E-state index < -0.39 is 6.04 Å². The van der Waals surface area contributed by atoms with Crippen LogP contribution in [0.15, 0.2) is 104 Å². The van der Waals surface area contributed by atoms with Crippen molar-refractivity contribution in [2.45, 2.75) is 39.8 Å². The number of esters is 1. The van der Waals surface area contributed by atoms with Crippen LogP contribution in [-0.2, 0) is 9.53 Å². The Morgan fingerprint density at radius 3 is 2.55 bits per heavy atom. The van der Waals surface area contributed by atoms with E-state index in [2.05, 4.69) is 5.32 Å². The Kier molecular flexibility index (Phi) is 8.03. The molecule has 0 fully saturated rings. The van der Waals surface area contributed by atoms with Crippen LogP contribution in [0.5, 0.6) is 0 Å². The van der Waals surface area contributed by atoms with Gasteiger partial charge in [-0.3, -0.25) is 14.2 Å². The molecule has 10 heteroatoms. The average molecular weight is 624 g/mol. The minimum Gasteiger partial charge on any atom is -0.459 e. The zero-order chi connectivity index (χ0) is 31.0. The highest BCUT2D eigenvalue weighted by Gasteiger charge is 2.33. The molecule has 0 unspecified atom stereocenters. The number of rotatable bonds is 7. The first-order chi connectivity index (χ1) is 21.2. The van der Waals surface area contributed by atoms with Gasteiger partial charge in [-0.1, -0.05) is 41.7 Å². The third-order valence-electron chi connectivity index (χ3n) is 7.08. The molecule has 0 bridgehead atoms. The van der Waals surface area contributed by atoms with E-state index in [-0.39, 0.29) is 23.5 Å². The summed E-state index contributed by atoms with van der Waals surface area (Å²) in [6, 6.07) is 21.4. The molecule has 1 N–H and O–H groups in total. The molecular formula is C34H29N3O5S2. The summed E-state index contributed by atoms with van der Waals surface area (Å²) in [6.07, 6.45) is 1.50. The molecule has 2 aromatic carbocycles. The van der Waals surface area contributed by atoms with Gasteiger partial charge < -0.3 is 14.5 Å². The van der Waals surface area contributed by atoms with Gasteiger partial charge in [0.2, 0.25) is 0 Å². The van der Waals surface area contributed by atoms with E-state index in [0.717, 1.165) is 16.0 Å². The normalized spacial score (nSPS) is 14.8. The topological polar surface area (TPSA) is 103 Å². The SMILES string of the molecule is CC1=C(C(=O)Nc2ccccc2)[C@H](c2cccs2)n2c(s/c(=C/c3ccc(-c4ccc(C(=O)OC(C)C)cc4C)o3)c2=O)=N1. The maximum atomic E-state index is 13.9. The zero-order valence-corrected chi connectivity index (χ0v) is 26.1. The molecule has 4 heterocycles. The molecule has 6 rings (SSSR count). The quantitative estimate of drug-likeness (QED) is 0.222. The molecule has 0 aliphatic carbocycles. The number of amides is 1. The van der Waals surface area contributed by atoms with Crippen molar-refractivity contribution in [3.63, 3.8) is 0 Å². The van der Waals surface area contributed by atoms with Gasteiger partial charge in [0.1, 0.15) is 17.6 Å². The number of carbonyl (C=O) groups is 2. The van der Waals surface area contributed by atoms with Crippen LogP contribution in [0.1, 0.15) is 53.4 Å². The number of hydrogen-bond acceptors (Lipinski definition) is 8. The summed E-state index contributed by atoms with van der Waals surface area (Å²) >= 11 is 2.74. The van der Waals surface area contributed by atoms with Crippen LogP contribution in [0.25, 0.3) is 17.4 Å². The number of benzene rings is 2. The van der Waals surface area contributed by atoms with Crippen molar-refractivity contribution in [1.29, 1.82) is 0 Å². The summed E-state index contributed by atoms with van der Waals surface area (Å²) in [5.41, 5.74) is 3.54. The van der Waals surface area contributed by atoms with Crippen molar-refractivity contribution in [3.8, 4) is 11.3 Å². The molecule has 1 aliphatic rings. The van der Waals surface area contributed by atoms with Crippen molar-refractivity contribution in [3.05, 3.63) is 131 Å². The minimum absolute atomic E-state index is 0.205. The number of anilines is 1. The second-order valence-electron chi connectivity index (χ2n) is 10.6. The van der Waals surface area contributed by atoms with Gasteiger partial charge in [-0.2, -0.15) is 0 Å². The Hall–Kier alpha value is -4.80. The molecule has 0 saturated heterocycles. The Labute approximate surface area is 261 Å². The highest BCUT2D eigenvalue weighted by Crippen LogP contribution is 2.33. The number of nitrogens with zero attached hydrogens (tertiary/aromatic N) is 2. The van der Waals surface area contributed by atoms with Crippen molar-refractivity contribution in [2.24, 2.45) is 4.99 Å². The summed E-state index contributed by atoms with van der Waals surface area (Å²) in [7, 11) is 0. The van der Waals surface area contributed by atoms with Gasteiger partial charge in [0.05, 0.1) is 27.5 Å². The lowest BCUT2D eigenvalue weighted by Crippen LogP contribution is -2.40. The van der Waals surface area contributed by atoms with Gasteiger partial charge in [0.25, 0.3) is 11.5 Å². The first-order valence-corrected chi connectivity index (χ1v) is 15.7. The fourth-order valence-electron chi connectivity index (χ4n) is 5.10. The molecule has 0 saturated carbocycles. The van der Waals surface area contributed by atoms with E-state index in [4.69, 9.17) is 14.1 Å². The van der Waals surface area contributed by atoms with Crippen LogP contribution >= 0.6 is 22.7 Å². The van der Waals surface area contributed by atoms with E-state index in [0.29, 0.717) is 43.4 Å². The highest BCUT2D eigenvalue weighted by molar-refractivity contribution is 7.10. The summed E-state index contributed by atoms with van der Waals surface area (Å²) in [5, 5.41) is 4.89. The van der Waals surface area contributed by atoms with Crippen molar-refractivity contribution >= 4 is 46.3 Å². The molecule has 1 aliphatic heterocycles. The van der Waals surface area contributed by atoms with Gasteiger partial charge in [-0.15, -0.1) is 11.3 Å². The number of carbonyl (C=O) groups excluding carboxylic acids is 2. The number of thiophene rings is 1. The van der Waals surface area contributed by atoms with Gasteiger partial charge in [-0.05, 0) is 81.1 Å². The predicted molar refractivity (Wildman–Crippen MR) is 173 cm³/mol. The molecule has 8 nitrogen and oxygen atoms in total. The Balaban J connectivity index is 1.35. The van der Waals surface area contributed by atoms with Crippen LogP contribution in [-0.4, -0.2) is 22.5 Å². The van der Waals surface area contributed by atoms with Gasteiger partial charge in [0.15, 0.2) is 4.80 Å². The number of hydrogen-bond donors (Lipinski definition) is 1. The van der Waals surface area contributed by atoms with Crippen LogP contribution in [0.3, 0.4) is 0 Å². The van der Waals surface area contributed by atoms with Crippen LogP contribution in [0.2, 0.25) is 0 Å². The molecule has 0 radical (unpaired) electrons. The molecule has 222 valence electrons. The standard InChI is InChI=1S/C34H29N3O5S2/c1-19(2)41-33(40)22-12-14-25(20(3)17-22)26-15-13-24(42-26)18-28-32(39)37-30(27-11-8-16-43-27)29(21(4)35-34(37)44-28)31(38)36-23-9-6-5-7-10-23/h5-19,30H,1-4H3,(H,36,38)/b28-18+/t30-/m0/s1. The lowest BCUT2D eigenvalue weighted by atomic mass is 10.0. The van der Waals surface area contributed by atoms with E-state index in [1.54, 1.807) is 35.8 Å². The molecular weight excluding hydrogens is 595 g/mol. The number of para-hydroxylation sites is 1. The van der Waals surface area contributed by atoms with E-state index in [1.807, 2.05) is 80.7 Å². The first kappa shape index (κ1) is 29.3. The number of ether oxygens (including phenoxy) is 1. The summed E-state index contributed by atoms with van der Waals surface area (Å²) in [5.74, 6) is 0.428. The Bertz CT molecular complexity index is 2080. The fourth-order valence-corrected chi connectivity index (χ4v) is 6.95. The van der Waals surface area contributed by atoms with Gasteiger partial charge in [0, 0.05) is 22.2 Å². The number of allylic oxidation sites excluding steroid dienone is 1. The second-order valence-corrected chi connectivity index (χ2v) is 12.6. The van der Waals surface area contributed by atoms with Crippen LogP contribution in [0.4, 0.5) is 5.69 Å². The lowest BCUT2D eigenvalue weighted by Gasteiger charge is -2.24. The minimum atomic E-state index is -0.618. The predicted octanol–water partition coefficient (Wildman–Crippen LogP) is 6.07. The van der Waals surface area contributed by atoms with Gasteiger partial charge >= 0.3 is 5.97 Å². The fraction of sp³-hybridized carbons (Fsp3) is 0.176. The number of furan rings is 1. The molecule has 1 atom stereocenters. The highest BCUT2D eigenvalue weighted by atomic mass is 32.1. The second kappa shape index (κ2) is 12.1. The summed E-state index contributed by atoms with van der Waals surface area (Å²) < 4.78 is 13.5. The van der Waals surface area contributed by atoms with Crippen molar-refractivity contribution in [2.75, 3.05) is 5.32 Å². The number of thiazole rings is 1. The summed E-state index contributed by atoms with van der Waals surface area (Å²) in [4.78, 5) is 45.9. The van der Waals surface area contributed by atoms with Crippen molar-refractivity contribution < 1.29 is 18.7 Å². The molecule has 44 heavy (non-hydrogen) atoms. The monoisotopic (exact) mass is 623 g/mol. The Morgan fingerprint density at radius 1 is 1.05 bits per heavy atom. The van der Waals surface area contributed by atoms with Crippen LogP contribution < -0.4 is 20.2 Å². The number of aryl methyl sites for hydroxylation is 1. The van der Waals surface area contributed by atoms with E-state index in [1.165, 1.54) is 22.7 Å². The maximum absolute atomic E-state index is 13.9. The van der Waals surface area contributed by atoms with Crippen LogP contribution in [0, 0.1) is 6.92 Å². The lowest BCUT2D eigenvalue weighted by molar-refractivity contribution is -0.113. The zero-order valence-electron chi connectivity index (χ0n) is 24.5. The number of aromatic nitrogens is 1. The third-order valence-corrected chi connectivity index (χ3v) is 8.99. The Morgan fingerprint density at radius 2 is 1.84 bits per heavy atom. The van der Waals surface area contributed by atoms with Crippen molar-refractivity contribution in [1.82, 2.24) is 4.57 Å². The number of fused-ring (bicyclic) bond motifs is 1. The average Bonchev–Trinajstić information content (AvgIpc) is 3.74. The van der Waals surface area contributed by atoms with Gasteiger partial charge in [-0.25, -0.2) is 9.79 Å². The molecule has 0 spiro atoms. The van der Waals surface area contributed by atoms with E-state index in [9.17, 15) is 14.4 Å². The smallest absolute Gasteiger partial charge is 0.338 e. The largest absolute Gasteiger partial charge is 0.459 e. The molecule has 3 aromatic heterocycles. The van der Waals surface area contributed by atoms with E-state index >= 15 is 0 Å². The molecule has 5 aromatic rings. The maximum Gasteiger partial charge on any atom is 0.338 e. The molecule has 1 amide bonds. The third kappa shape index (κ3) is 5.73. The first-order valence-electron chi connectivity index (χ1n) is 14.0.